The van der Waals surface area contributed by atoms with Crippen molar-refractivity contribution < 1.29 is 4.39 Å². The molecule has 6 rings (SSSR count). The number of nitrogens with two attached hydrogens (primary N) is 1. The Bertz CT molecular complexity index is 1620. The molecule has 10 heteroatoms. The van der Waals surface area contributed by atoms with Gasteiger partial charge in [0.2, 0.25) is 0 Å². The fourth-order valence-electron chi connectivity index (χ4n) is 3.76. The first-order valence-corrected chi connectivity index (χ1v) is 11.4. The molecule has 4 heterocycles. The fourth-order valence-corrected chi connectivity index (χ4v) is 3.76. The lowest BCUT2D eigenvalue weighted by molar-refractivity contribution is 0.636. The van der Waals surface area contributed by atoms with Crippen LogP contribution in [0.3, 0.4) is 0 Å². The third kappa shape index (κ3) is 4.91. The summed E-state index contributed by atoms with van der Waals surface area (Å²) in [4.78, 5) is 27.5. The van der Waals surface area contributed by atoms with Crippen LogP contribution < -0.4 is 5.73 Å². The molecule has 0 aliphatic carbocycles. The topological polar surface area (TPSA) is 132 Å². The number of fused-ring (bicyclic) bond motifs is 1. The molecule has 3 N–H and O–H groups in total. The summed E-state index contributed by atoms with van der Waals surface area (Å²) >= 11 is 0. The Hall–Kier alpha value is -4.96. The summed E-state index contributed by atoms with van der Waals surface area (Å²) in [6, 6.07) is 23.5. The minimum absolute atomic E-state index is 0.430. The molecule has 0 aliphatic heterocycles. The first kappa shape index (κ1) is 23.8. The van der Waals surface area contributed by atoms with Crippen molar-refractivity contribution in [3.63, 3.8) is 0 Å². The number of halogens is 1. The predicted octanol–water partition coefficient (Wildman–Crippen LogP) is 4.65. The summed E-state index contributed by atoms with van der Waals surface area (Å²) < 4.78 is 9.50. The second-order valence-corrected chi connectivity index (χ2v) is 7.81. The van der Waals surface area contributed by atoms with Gasteiger partial charge >= 0.3 is 0 Å². The third-order valence-corrected chi connectivity index (χ3v) is 5.53. The standard InChI is InChI=1S/C26H19N9.CH3F/c27-15-16-7-9-18(10-8-16)21-22(17-5-2-1-3-6-17)32-23-19(30-21)11-12-20(31-23)24-33-26(35-34-24)25-28-13-4-14-29-25;1-2/h1-14H,15,27H2,(H,33,34,35);1H3. The van der Waals surface area contributed by atoms with Gasteiger partial charge in [0.15, 0.2) is 23.1 Å². The second kappa shape index (κ2) is 10.8. The van der Waals surface area contributed by atoms with E-state index in [1.54, 1.807) is 18.5 Å². The van der Waals surface area contributed by atoms with E-state index in [4.69, 9.17) is 20.7 Å². The van der Waals surface area contributed by atoms with Gasteiger partial charge in [0.1, 0.15) is 11.2 Å². The van der Waals surface area contributed by atoms with Gasteiger partial charge in [-0.3, -0.25) is 9.49 Å². The molecule has 0 amide bonds. The van der Waals surface area contributed by atoms with Crippen LogP contribution in [0.4, 0.5) is 4.39 Å². The lowest BCUT2D eigenvalue weighted by atomic mass is 10.0. The molecule has 4 aromatic heterocycles. The summed E-state index contributed by atoms with van der Waals surface area (Å²) in [5.74, 6) is 1.36. The number of rotatable bonds is 5. The van der Waals surface area contributed by atoms with Gasteiger partial charge in [-0.1, -0.05) is 54.6 Å². The van der Waals surface area contributed by atoms with Gasteiger partial charge in [-0.2, -0.15) is 5.10 Å². The zero-order valence-corrected chi connectivity index (χ0v) is 19.9. The van der Waals surface area contributed by atoms with Crippen LogP contribution in [0.15, 0.2) is 85.2 Å². The second-order valence-electron chi connectivity index (χ2n) is 7.81. The summed E-state index contributed by atoms with van der Waals surface area (Å²) in [5.41, 5.74) is 12.0. The van der Waals surface area contributed by atoms with Crippen molar-refractivity contribution >= 4 is 11.2 Å². The van der Waals surface area contributed by atoms with E-state index in [0.717, 1.165) is 28.1 Å². The van der Waals surface area contributed by atoms with E-state index in [2.05, 4.69) is 25.1 Å². The molecule has 0 atom stereocenters. The molecule has 0 radical (unpaired) electrons. The van der Waals surface area contributed by atoms with Gasteiger partial charge in [-0.15, -0.1) is 0 Å². The molecule has 2 aromatic carbocycles. The molecule has 9 nitrogen and oxygen atoms in total. The molecule has 0 bridgehead atoms. The summed E-state index contributed by atoms with van der Waals surface area (Å²) in [6.45, 7) is 0.487. The van der Waals surface area contributed by atoms with Crippen LogP contribution in [0.25, 0.3) is 56.8 Å². The summed E-state index contributed by atoms with van der Waals surface area (Å²) in [6.07, 6.45) is 3.31. The fraction of sp³-hybridized carbons (Fsp3) is 0.0741. The van der Waals surface area contributed by atoms with E-state index in [1.165, 1.54) is 0 Å². The van der Waals surface area contributed by atoms with Crippen molar-refractivity contribution in [2.75, 3.05) is 7.18 Å². The SMILES string of the molecule is CF.NCc1ccc(-c2nc3ccc(-c4n[nH]c(-c5ncccn5)n4)nc3nc2-c2ccccc2)cc1. The van der Waals surface area contributed by atoms with Crippen molar-refractivity contribution in [3.8, 4) is 45.7 Å². The number of benzene rings is 2. The molecule has 6 aromatic rings. The minimum Gasteiger partial charge on any atom is -0.326 e. The summed E-state index contributed by atoms with van der Waals surface area (Å²) in [5, 5.41) is 7.17. The van der Waals surface area contributed by atoms with Crippen LogP contribution >= 0.6 is 0 Å². The van der Waals surface area contributed by atoms with Gasteiger partial charge in [0.05, 0.1) is 18.6 Å². The van der Waals surface area contributed by atoms with Crippen molar-refractivity contribution in [1.29, 1.82) is 0 Å². The van der Waals surface area contributed by atoms with Crippen molar-refractivity contribution in [2.24, 2.45) is 5.73 Å². The molecule has 0 unspecified atom stereocenters. The third-order valence-electron chi connectivity index (χ3n) is 5.53. The van der Waals surface area contributed by atoms with Crippen LogP contribution in [0.2, 0.25) is 0 Å². The van der Waals surface area contributed by atoms with Gasteiger partial charge in [0.25, 0.3) is 0 Å². The lowest BCUT2D eigenvalue weighted by Gasteiger charge is -2.11. The van der Waals surface area contributed by atoms with E-state index in [9.17, 15) is 4.39 Å². The number of pyridine rings is 1. The molecule has 0 spiro atoms. The maximum absolute atomic E-state index is 9.50. The highest BCUT2D eigenvalue weighted by Crippen LogP contribution is 2.31. The van der Waals surface area contributed by atoms with Crippen molar-refractivity contribution in [3.05, 3.63) is 90.8 Å². The minimum atomic E-state index is 0.430. The smallest absolute Gasteiger partial charge is 0.200 e. The highest BCUT2D eigenvalue weighted by molar-refractivity contribution is 5.85. The first-order valence-electron chi connectivity index (χ1n) is 11.4. The van der Waals surface area contributed by atoms with Gasteiger partial charge < -0.3 is 5.73 Å². The van der Waals surface area contributed by atoms with Crippen LogP contribution in [0, 0.1) is 0 Å². The zero-order chi connectivity index (χ0) is 25.6. The number of aromatic amines is 1. The van der Waals surface area contributed by atoms with E-state index in [1.807, 2.05) is 66.7 Å². The Morgan fingerprint density at radius 3 is 2.14 bits per heavy atom. The molecule has 0 aliphatic rings. The van der Waals surface area contributed by atoms with Crippen LogP contribution in [0.1, 0.15) is 5.56 Å². The predicted molar refractivity (Wildman–Crippen MR) is 140 cm³/mol. The van der Waals surface area contributed by atoms with E-state index >= 15 is 0 Å². The molecule has 0 saturated heterocycles. The average Bonchev–Trinajstić information content (AvgIpc) is 3.49. The van der Waals surface area contributed by atoms with Crippen molar-refractivity contribution in [1.82, 2.24) is 40.1 Å². The Kier molecular flexibility index (Phi) is 6.91. The van der Waals surface area contributed by atoms with Gasteiger partial charge in [0, 0.05) is 30.1 Å². The molecule has 0 fully saturated rings. The molecular formula is C27H22FN9. The number of alkyl halides is 1. The van der Waals surface area contributed by atoms with Crippen LogP contribution in [-0.2, 0) is 6.54 Å². The van der Waals surface area contributed by atoms with Crippen molar-refractivity contribution in [2.45, 2.75) is 6.54 Å². The van der Waals surface area contributed by atoms with E-state index in [-0.39, 0.29) is 0 Å². The van der Waals surface area contributed by atoms with Gasteiger partial charge in [-0.25, -0.2) is 29.9 Å². The number of nitrogens with zero attached hydrogens (tertiary/aromatic N) is 7. The number of hydrogen-bond donors (Lipinski definition) is 2. The van der Waals surface area contributed by atoms with E-state index < -0.39 is 0 Å². The molecule has 0 saturated carbocycles. The average molecular weight is 492 g/mol. The number of H-pyrrole nitrogens is 1. The lowest BCUT2D eigenvalue weighted by Crippen LogP contribution is -1.99. The maximum atomic E-state index is 9.50. The highest BCUT2D eigenvalue weighted by atomic mass is 19.1. The Balaban J connectivity index is 0.00000137. The van der Waals surface area contributed by atoms with Crippen LogP contribution in [0.5, 0.6) is 0 Å². The monoisotopic (exact) mass is 491 g/mol. The van der Waals surface area contributed by atoms with Gasteiger partial charge in [-0.05, 0) is 23.8 Å². The molecule has 182 valence electrons. The Labute approximate surface area is 211 Å². The van der Waals surface area contributed by atoms with E-state index in [0.29, 0.717) is 48.1 Å². The number of aromatic nitrogens is 8. The summed E-state index contributed by atoms with van der Waals surface area (Å²) in [7, 11) is 0.500. The highest BCUT2D eigenvalue weighted by Gasteiger charge is 2.16. The largest absolute Gasteiger partial charge is 0.326 e. The Morgan fingerprint density at radius 2 is 1.41 bits per heavy atom. The first-order chi connectivity index (χ1) is 18.3. The number of hydrogen-bond acceptors (Lipinski definition) is 8. The zero-order valence-electron chi connectivity index (χ0n) is 19.9. The van der Waals surface area contributed by atoms with Crippen LogP contribution in [-0.4, -0.2) is 47.3 Å². The molecular weight excluding hydrogens is 469 g/mol. The quantitative estimate of drug-likeness (QED) is 0.356. The number of nitrogens with one attached hydrogen (secondary N) is 1. The maximum Gasteiger partial charge on any atom is 0.200 e. The normalized spacial score (nSPS) is 10.7. The Morgan fingerprint density at radius 1 is 0.703 bits per heavy atom. The molecule has 37 heavy (non-hydrogen) atoms.